The average Bonchev–Trinajstić information content (AvgIpc) is 3.33. The van der Waals surface area contributed by atoms with E-state index in [1.54, 1.807) is 0 Å². The van der Waals surface area contributed by atoms with E-state index in [1.165, 1.54) is 15.9 Å². The smallest absolute Gasteiger partial charge is 0.217 e. The molecule has 0 spiro atoms. The van der Waals surface area contributed by atoms with Gasteiger partial charge in [0, 0.05) is 5.57 Å². The highest BCUT2D eigenvalue weighted by molar-refractivity contribution is 7.77. The van der Waals surface area contributed by atoms with Crippen LogP contribution in [0, 0.1) is 5.41 Å². The molecule has 1 heterocycles. The van der Waals surface area contributed by atoms with Gasteiger partial charge in [0.05, 0.1) is 6.04 Å². The van der Waals surface area contributed by atoms with Crippen LogP contribution < -0.4 is 15.9 Å². The van der Waals surface area contributed by atoms with Crippen LogP contribution in [0.2, 0.25) is 0 Å². The van der Waals surface area contributed by atoms with Crippen LogP contribution >= 0.6 is 7.92 Å². The summed E-state index contributed by atoms with van der Waals surface area (Å²) in [6.07, 6.45) is 6.51. The predicted octanol–water partition coefficient (Wildman–Crippen LogP) is 4.83. The van der Waals surface area contributed by atoms with Gasteiger partial charge < -0.3 is 4.74 Å². The van der Waals surface area contributed by atoms with Gasteiger partial charge in [-0.25, -0.2) is 5.32 Å². The molecule has 2 aromatic carbocycles. The van der Waals surface area contributed by atoms with E-state index in [9.17, 15) is 0 Å². The first-order valence-corrected chi connectivity index (χ1v) is 10.7. The van der Waals surface area contributed by atoms with Crippen LogP contribution in [0.25, 0.3) is 0 Å². The third kappa shape index (κ3) is 3.73. The lowest BCUT2D eigenvalue weighted by Gasteiger charge is -2.23. The third-order valence-corrected chi connectivity index (χ3v) is 7.44. The first kappa shape index (κ1) is 18.1. The van der Waals surface area contributed by atoms with Gasteiger partial charge >= 0.3 is 0 Å². The Morgan fingerprint density at radius 2 is 1.52 bits per heavy atom. The second-order valence-electron chi connectivity index (χ2n) is 7.96. The minimum Gasteiger partial charge on any atom is -0.475 e. The SMILES string of the molecule is CC(C)(C)C1COC(=C2C=CC=C2P(c2ccccc2)c2ccccc2)[N]1. The van der Waals surface area contributed by atoms with E-state index in [2.05, 4.69) is 99.7 Å². The van der Waals surface area contributed by atoms with Crippen molar-refractivity contribution in [1.82, 2.24) is 5.32 Å². The van der Waals surface area contributed by atoms with E-state index in [0.717, 1.165) is 11.5 Å². The molecule has 1 unspecified atom stereocenters. The van der Waals surface area contributed by atoms with Gasteiger partial charge in [0.1, 0.15) is 6.61 Å². The Kier molecular flexibility index (Phi) is 4.93. The maximum Gasteiger partial charge on any atom is 0.217 e. The van der Waals surface area contributed by atoms with Crippen molar-refractivity contribution in [2.24, 2.45) is 5.41 Å². The van der Waals surface area contributed by atoms with Gasteiger partial charge in [-0.05, 0) is 35.3 Å². The fourth-order valence-electron chi connectivity index (χ4n) is 3.33. The highest BCUT2D eigenvalue weighted by atomic mass is 31.1. The largest absolute Gasteiger partial charge is 0.475 e. The van der Waals surface area contributed by atoms with E-state index in [-0.39, 0.29) is 11.5 Å². The summed E-state index contributed by atoms with van der Waals surface area (Å²) in [7, 11) is -0.649. The molecule has 1 saturated heterocycles. The number of ether oxygens (including phenoxy) is 1. The Hall–Kier alpha value is -2.31. The minimum absolute atomic E-state index is 0.109. The first-order chi connectivity index (χ1) is 13.0. The number of hydrogen-bond donors (Lipinski definition) is 0. The second-order valence-corrected chi connectivity index (χ2v) is 10.1. The molecule has 27 heavy (non-hydrogen) atoms. The van der Waals surface area contributed by atoms with Crippen LogP contribution in [-0.4, -0.2) is 12.6 Å². The van der Waals surface area contributed by atoms with Gasteiger partial charge in [0.25, 0.3) is 0 Å². The van der Waals surface area contributed by atoms with Crippen LogP contribution in [0.3, 0.4) is 0 Å². The first-order valence-electron chi connectivity index (χ1n) is 9.41. The summed E-state index contributed by atoms with van der Waals surface area (Å²) in [6.45, 7) is 7.33. The van der Waals surface area contributed by atoms with Crippen molar-refractivity contribution in [3.63, 3.8) is 0 Å². The summed E-state index contributed by atoms with van der Waals surface area (Å²) in [5.41, 5.74) is 1.25. The zero-order valence-corrected chi connectivity index (χ0v) is 17.0. The summed E-state index contributed by atoms with van der Waals surface area (Å²) in [5, 5.41) is 8.94. The fourth-order valence-corrected chi connectivity index (χ4v) is 5.77. The van der Waals surface area contributed by atoms with E-state index in [4.69, 9.17) is 10.1 Å². The molecule has 1 aliphatic carbocycles. The minimum atomic E-state index is -0.649. The molecule has 0 saturated carbocycles. The Morgan fingerprint density at radius 3 is 2.04 bits per heavy atom. The molecule has 2 nitrogen and oxygen atoms in total. The molecular formula is C24H25NOP. The molecule has 4 rings (SSSR count). The molecule has 1 aliphatic heterocycles. The zero-order chi connectivity index (χ0) is 18.9. The lowest BCUT2D eigenvalue weighted by Crippen LogP contribution is -2.32. The van der Waals surface area contributed by atoms with Gasteiger partial charge in [-0.1, -0.05) is 93.6 Å². The fraction of sp³-hybridized carbons (Fsp3) is 0.250. The number of nitrogens with zero attached hydrogens (tertiary/aromatic N) is 1. The van der Waals surface area contributed by atoms with E-state index in [0.29, 0.717) is 6.61 Å². The second kappa shape index (κ2) is 7.37. The maximum atomic E-state index is 6.06. The van der Waals surface area contributed by atoms with Gasteiger partial charge in [0.15, 0.2) is 0 Å². The lowest BCUT2D eigenvalue weighted by molar-refractivity contribution is 0.214. The van der Waals surface area contributed by atoms with Gasteiger partial charge in [-0.2, -0.15) is 0 Å². The molecule has 2 aliphatic rings. The number of benzene rings is 2. The summed E-state index contributed by atoms with van der Waals surface area (Å²) in [5.74, 6) is 0.800. The van der Waals surface area contributed by atoms with Crippen molar-refractivity contribution in [1.29, 1.82) is 0 Å². The van der Waals surface area contributed by atoms with Crippen LogP contribution in [0.15, 0.2) is 95.7 Å². The molecular weight excluding hydrogens is 349 g/mol. The summed E-state index contributed by atoms with van der Waals surface area (Å²) >= 11 is 0. The maximum absolute atomic E-state index is 6.06. The Morgan fingerprint density at radius 1 is 0.926 bits per heavy atom. The van der Waals surface area contributed by atoms with Crippen LogP contribution in [0.1, 0.15) is 20.8 Å². The van der Waals surface area contributed by atoms with Gasteiger partial charge in [0.2, 0.25) is 5.88 Å². The zero-order valence-electron chi connectivity index (χ0n) is 16.1. The Labute approximate surface area is 163 Å². The summed E-state index contributed by atoms with van der Waals surface area (Å²) in [6, 6.07) is 21.7. The number of hydrogen-bond acceptors (Lipinski definition) is 1. The molecule has 137 valence electrons. The van der Waals surface area contributed by atoms with Crippen LogP contribution in [0.5, 0.6) is 0 Å². The molecule has 0 amide bonds. The van der Waals surface area contributed by atoms with Crippen molar-refractivity contribution in [3.05, 3.63) is 95.7 Å². The van der Waals surface area contributed by atoms with E-state index in [1.807, 2.05) is 0 Å². The quantitative estimate of drug-likeness (QED) is 0.706. The summed E-state index contributed by atoms with van der Waals surface area (Å²) < 4.78 is 6.06. The predicted molar refractivity (Wildman–Crippen MR) is 115 cm³/mol. The normalized spacial score (nSPS) is 21.9. The van der Waals surface area contributed by atoms with Crippen molar-refractivity contribution in [2.45, 2.75) is 26.8 Å². The molecule has 1 radical (unpaired) electrons. The van der Waals surface area contributed by atoms with E-state index < -0.39 is 7.92 Å². The van der Waals surface area contributed by atoms with Crippen molar-refractivity contribution < 1.29 is 4.74 Å². The summed E-state index contributed by atoms with van der Waals surface area (Å²) in [4.78, 5) is 0. The standard InChI is InChI=1S/C24H25NOP/c1-24(2,3)22-17-26-23(25-22)20-15-10-16-21(20)27(18-11-6-4-7-12-18)19-13-8-5-9-14-19/h4-16,22H,17H2,1-3H3. The molecule has 0 N–H and O–H groups in total. The van der Waals surface area contributed by atoms with Gasteiger partial charge in [-0.3, -0.25) is 0 Å². The molecule has 0 aromatic heterocycles. The molecule has 1 fully saturated rings. The third-order valence-electron chi connectivity index (χ3n) is 4.94. The molecule has 2 aromatic rings. The van der Waals surface area contributed by atoms with E-state index >= 15 is 0 Å². The van der Waals surface area contributed by atoms with Gasteiger partial charge in [-0.15, -0.1) is 0 Å². The highest BCUT2D eigenvalue weighted by Crippen LogP contribution is 2.50. The molecule has 1 atom stereocenters. The Bertz CT molecular complexity index is 851. The van der Waals surface area contributed by atoms with Crippen LogP contribution in [-0.2, 0) is 4.74 Å². The number of allylic oxidation sites excluding steroid dienone is 5. The van der Waals surface area contributed by atoms with Crippen LogP contribution in [0.4, 0.5) is 0 Å². The highest BCUT2D eigenvalue weighted by Gasteiger charge is 2.35. The Balaban J connectivity index is 1.74. The molecule has 3 heteroatoms. The average molecular weight is 374 g/mol. The monoisotopic (exact) mass is 374 g/mol. The van der Waals surface area contributed by atoms with Crippen molar-refractivity contribution in [3.8, 4) is 0 Å². The van der Waals surface area contributed by atoms with Crippen molar-refractivity contribution in [2.75, 3.05) is 6.61 Å². The topological polar surface area (TPSA) is 23.3 Å². The lowest BCUT2D eigenvalue weighted by atomic mass is 9.88. The number of rotatable bonds is 3. The van der Waals surface area contributed by atoms with Crippen molar-refractivity contribution >= 4 is 18.5 Å². The molecule has 0 bridgehead atoms.